The lowest BCUT2D eigenvalue weighted by Crippen LogP contribution is -2.51. The SMILES string of the molecule is CC(C)(C)OC(=O)N1CCN(CCN2CC(S)CC2=O)CC1. The Kier molecular flexibility index (Phi) is 5.60. The van der Waals surface area contributed by atoms with Crippen LogP contribution in [0.25, 0.3) is 0 Å². The fourth-order valence-electron chi connectivity index (χ4n) is 2.71. The molecule has 2 amide bonds. The molecule has 7 heteroatoms. The molecule has 2 fully saturated rings. The van der Waals surface area contributed by atoms with Gasteiger partial charge in [0.25, 0.3) is 0 Å². The minimum Gasteiger partial charge on any atom is -0.444 e. The topological polar surface area (TPSA) is 53.1 Å². The van der Waals surface area contributed by atoms with Crippen LogP contribution in [0.4, 0.5) is 4.79 Å². The fourth-order valence-corrected chi connectivity index (χ4v) is 3.06. The largest absolute Gasteiger partial charge is 0.444 e. The van der Waals surface area contributed by atoms with E-state index >= 15 is 0 Å². The molecule has 0 N–H and O–H groups in total. The van der Waals surface area contributed by atoms with Gasteiger partial charge >= 0.3 is 6.09 Å². The van der Waals surface area contributed by atoms with Gasteiger partial charge in [0.2, 0.25) is 5.91 Å². The van der Waals surface area contributed by atoms with Gasteiger partial charge in [-0.15, -0.1) is 0 Å². The lowest BCUT2D eigenvalue weighted by molar-refractivity contribution is -0.127. The standard InChI is InChI=1S/C15H27N3O3S/c1-15(2,3)21-14(20)17-7-4-16(5-8-17)6-9-18-11-12(22)10-13(18)19/h12,22H,4-11H2,1-3H3. The maximum atomic E-state index is 12.0. The van der Waals surface area contributed by atoms with Gasteiger partial charge in [-0.1, -0.05) is 0 Å². The number of amides is 2. The van der Waals surface area contributed by atoms with Crippen molar-refractivity contribution < 1.29 is 14.3 Å². The quantitative estimate of drug-likeness (QED) is 0.787. The average Bonchev–Trinajstić information content (AvgIpc) is 2.73. The molecule has 1 unspecified atom stereocenters. The Morgan fingerprint density at radius 2 is 1.86 bits per heavy atom. The van der Waals surface area contributed by atoms with Crippen LogP contribution < -0.4 is 0 Å². The fraction of sp³-hybridized carbons (Fsp3) is 0.867. The first-order valence-electron chi connectivity index (χ1n) is 7.91. The average molecular weight is 329 g/mol. The number of ether oxygens (including phenoxy) is 1. The number of thiol groups is 1. The molecule has 2 aliphatic rings. The van der Waals surface area contributed by atoms with Gasteiger partial charge in [-0.2, -0.15) is 12.6 Å². The molecule has 126 valence electrons. The predicted molar refractivity (Wildman–Crippen MR) is 88.2 cm³/mol. The number of carbonyl (C=O) groups is 2. The van der Waals surface area contributed by atoms with Crippen LogP contribution in [0.15, 0.2) is 0 Å². The van der Waals surface area contributed by atoms with Crippen molar-refractivity contribution in [1.29, 1.82) is 0 Å². The molecule has 0 bridgehead atoms. The summed E-state index contributed by atoms with van der Waals surface area (Å²) in [5.41, 5.74) is -0.451. The lowest BCUT2D eigenvalue weighted by atomic mass is 10.2. The maximum absolute atomic E-state index is 12.0. The van der Waals surface area contributed by atoms with Gasteiger partial charge in [-0.3, -0.25) is 9.69 Å². The van der Waals surface area contributed by atoms with Crippen molar-refractivity contribution in [1.82, 2.24) is 14.7 Å². The normalized spacial score (nSPS) is 24.0. The Hall–Kier alpha value is -0.950. The molecule has 0 saturated carbocycles. The third-order valence-corrected chi connectivity index (χ3v) is 4.25. The van der Waals surface area contributed by atoms with Crippen LogP contribution in [-0.4, -0.2) is 83.4 Å². The van der Waals surface area contributed by atoms with Crippen molar-refractivity contribution in [3.63, 3.8) is 0 Å². The Bertz CT molecular complexity index is 417. The third kappa shape index (κ3) is 5.05. The zero-order chi connectivity index (χ0) is 16.3. The van der Waals surface area contributed by atoms with E-state index in [9.17, 15) is 9.59 Å². The summed E-state index contributed by atoms with van der Waals surface area (Å²) in [6, 6.07) is 0. The highest BCUT2D eigenvalue weighted by molar-refractivity contribution is 7.81. The lowest BCUT2D eigenvalue weighted by Gasteiger charge is -2.36. The molecule has 2 saturated heterocycles. The van der Waals surface area contributed by atoms with Crippen LogP contribution in [-0.2, 0) is 9.53 Å². The Morgan fingerprint density at radius 1 is 1.23 bits per heavy atom. The molecule has 0 radical (unpaired) electrons. The Labute approximate surface area is 138 Å². The highest BCUT2D eigenvalue weighted by Gasteiger charge is 2.29. The van der Waals surface area contributed by atoms with Crippen LogP contribution in [0.2, 0.25) is 0 Å². The second kappa shape index (κ2) is 7.08. The van der Waals surface area contributed by atoms with Crippen LogP contribution >= 0.6 is 12.6 Å². The molecular weight excluding hydrogens is 302 g/mol. The van der Waals surface area contributed by atoms with Crippen molar-refractivity contribution in [2.24, 2.45) is 0 Å². The van der Waals surface area contributed by atoms with Gasteiger partial charge < -0.3 is 14.5 Å². The summed E-state index contributed by atoms with van der Waals surface area (Å²) in [7, 11) is 0. The Morgan fingerprint density at radius 3 is 2.36 bits per heavy atom. The van der Waals surface area contributed by atoms with E-state index in [2.05, 4.69) is 17.5 Å². The van der Waals surface area contributed by atoms with Gasteiger partial charge in [-0.05, 0) is 20.8 Å². The molecule has 2 heterocycles. The van der Waals surface area contributed by atoms with E-state index in [4.69, 9.17) is 4.74 Å². The summed E-state index contributed by atoms with van der Waals surface area (Å²) in [6.45, 7) is 11.0. The molecular formula is C15H27N3O3S. The molecule has 0 aromatic heterocycles. The van der Waals surface area contributed by atoms with Crippen LogP contribution in [0, 0.1) is 0 Å². The first-order valence-corrected chi connectivity index (χ1v) is 8.42. The van der Waals surface area contributed by atoms with Crippen molar-refractivity contribution in [3.8, 4) is 0 Å². The molecule has 0 aliphatic carbocycles. The zero-order valence-corrected chi connectivity index (χ0v) is 14.6. The Balaban J connectivity index is 1.69. The van der Waals surface area contributed by atoms with Gasteiger partial charge in [0.15, 0.2) is 0 Å². The van der Waals surface area contributed by atoms with Crippen molar-refractivity contribution in [3.05, 3.63) is 0 Å². The third-order valence-electron chi connectivity index (χ3n) is 3.90. The van der Waals surface area contributed by atoms with Gasteiger partial charge in [0.05, 0.1) is 0 Å². The molecule has 0 spiro atoms. The molecule has 0 aromatic carbocycles. The molecule has 6 nitrogen and oxygen atoms in total. The first-order chi connectivity index (χ1) is 10.2. The number of nitrogens with zero attached hydrogens (tertiary/aromatic N) is 3. The smallest absolute Gasteiger partial charge is 0.410 e. The molecule has 2 aliphatic heterocycles. The first kappa shape index (κ1) is 17.4. The highest BCUT2D eigenvalue weighted by Crippen LogP contribution is 2.16. The summed E-state index contributed by atoms with van der Waals surface area (Å²) in [6.07, 6.45) is 0.315. The highest BCUT2D eigenvalue weighted by atomic mass is 32.1. The minimum absolute atomic E-state index is 0.177. The number of likely N-dealkylation sites (tertiary alicyclic amines) is 1. The predicted octanol–water partition coefficient (Wildman–Crippen LogP) is 1.07. The summed E-state index contributed by atoms with van der Waals surface area (Å²) >= 11 is 4.36. The van der Waals surface area contributed by atoms with Crippen molar-refractivity contribution >= 4 is 24.6 Å². The maximum Gasteiger partial charge on any atom is 0.410 e. The van der Waals surface area contributed by atoms with Crippen LogP contribution in [0.5, 0.6) is 0 Å². The van der Waals surface area contributed by atoms with Crippen LogP contribution in [0.1, 0.15) is 27.2 Å². The van der Waals surface area contributed by atoms with E-state index < -0.39 is 5.60 Å². The minimum atomic E-state index is -0.451. The van der Waals surface area contributed by atoms with E-state index in [1.165, 1.54) is 0 Å². The van der Waals surface area contributed by atoms with Gasteiger partial charge in [-0.25, -0.2) is 4.79 Å². The number of piperazine rings is 1. The van der Waals surface area contributed by atoms with Crippen molar-refractivity contribution in [2.45, 2.75) is 38.0 Å². The molecule has 0 aromatic rings. The zero-order valence-electron chi connectivity index (χ0n) is 13.7. The molecule has 22 heavy (non-hydrogen) atoms. The van der Waals surface area contributed by atoms with E-state index in [0.29, 0.717) is 19.5 Å². The summed E-state index contributed by atoms with van der Waals surface area (Å²) < 4.78 is 5.39. The van der Waals surface area contributed by atoms with E-state index in [1.807, 2.05) is 25.7 Å². The second-order valence-electron chi connectivity index (χ2n) is 7.01. The molecule has 1 atom stereocenters. The summed E-state index contributed by atoms with van der Waals surface area (Å²) in [5.74, 6) is 0.201. The second-order valence-corrected chi connectivity index (χ2v) is 7.74. The number of hydrogen-bond donors (Lipinski definition) is 1. The van der Waals surface area contributed by atoms with Gasteiger partial charge in [0, 0.05) is 57.5 Å². The van der Waals surface area contributed by atoms with E-state index in [1.54, 1.807) is 4.90 Å². The molecule has 2 rings (SSSR count). The van der Waals surface area contributed by atoms with E-state index in [0.717, 1.165) is 32.7 Å². The van der Waals surface area contributed by atoms with E-state index in [-0.39, 0.29) is 17.3 Å². The summed E-state index contributed by atoms with van der Waals surface area (Å²) in [5, 5.41) is 0.177. The number of rotatable bonds is 3. The van der Waals surface area contributed by atoms with Crippen molar-refractivity contribution in [2.75, 3.05) is 45.8 Å². The monoisotopic (exact) mass is 329 g/mol. The van der Waals surface area contributed by atoms with Crippen LogP contribution in [0.3, 0.4) is 0 Å². The summed E-state index contributed by atoms with van der Waals surface area (Å²) in [4.78, 5) is 29.6. The number of carbonyl (C=O) groups excluding carboxylic acids is 2. The number of hydrogen-bond acceptors (Lipinski definition) is 5. The van der Waals surface area contributed by atoms with Gasteiger partial charge in [0.1, 0.15) is 5.60 Å².